The van der Waals surface area contributed by atoms with Crippen LogP contribution in [0, 0.1) is 5.92 Å². The second-order valence-electron chi connectivity index (χ2n) is 6.71. The smallest absolute Gasteiger partial charge is 0.310 e. The second-order valence-corrected chi connectivity index (χ2v) is 6.71. The molecule has 1 aliphatic rings. The van der Waals surface area contributed by atoms with Crippen LogP contribution in [-0.2, 0) is 14.3 Å². The Bertz CT molecular complexity index is 616. The molecule has 2 rings (SSSR count). The first kappa shape index (κ1) is 21.2. The third-order valence-electron chi connectivity index (χ3n) is 4.71. The minimum Gasteiger partial charge on any atom is -0.497 e. The Balaban J connectivity index is 2.02. The molecule has 1 amide bonds. The minimum atomic E-state index is -0.382. The molecule has 1 atom stereocenters. The molecule has 150 valence electrons. The maximum Gasteiger partial charge on any atom is 0.310 e. The number of ether oxygens (including phenoxy) is 3. The van der Waals surface area contributed by atoms with E-state index in [0.29, 0.717) is 24.4 Å². The van der Waals surface area contributed by atoms with E-state index < -0.39 is 0 Å². The zero-order valence-corrected chi connectivity index (χ0v) is 16.5. The van der Waals surface area contributed by atoms with E-state index in [1.54, 1.807) is 43.2 Å². The van der Waals surface area contributed by atoms with E-state index in [9.17, 15) is 9.59 Å². The van der Waals surface area contributed by atoms with Crippen molar-refractivity contribution in [3.8, 4) is 5.75 Å². The highest BCUT2D eigenvalue weighted by molar-refractivity contribution is 5.94. The van der Waals surface area contributed by atoms with Gasteiger partial charge in [0.2, 0.25) is 0 Å². The van der Waals surface area contributed by atoms with Crippen molar-refractivity contribution in [2.75, 3.05) is 60.2 Å². The summed E-state index contributed by atoms with van der Waals surface area (Å²) in [5.41, 5.74) is 0.554. The molecule has 1 aromatic carbocycles. The van der Waals surface area contributed by atoms with Crippen molar-refractivity contribution in [2.45, 2.75) is 13.3 Å². The topological polar surface area (TPSA) is 68.3 Å². The fourth-order valence-electron chi connectivity index (χ4n) is 3.13. The van der Waals surface area contributed by atoms with E-state index in [2.05, 4.69) is 4.90 Å². The van der Waals surface area contributed by atoms with Crippen LogP contribution in [0.5, 0.6) is 5.75 Å². The SMILES string of the molecule is COC(=O)C(C)CN(CCCN1CCOCC1)C(=O)c1cccc(OC)c1. The van der Waals surface area contributed by atoms with Gasteiger partial charge in [-0.15, -0.1) is 0 Å². The second kappa shape index (κ2) is 10.9. The van der Waals surface area contributed by atoms with E-state index in [1.807, 2.05) is 0 Å². The highest BCUT2D eigenvalue weighted by Crippen LogP contribution is 2.16. The minimum absolute atomic E-state index is 0.105. The van der Waals surface area contributed by atoms with E-state index in [1.165, 1.54) is 7.11 Å². The lowest BCUT2D eigenvalue weighted by molar-refractivity contribution is -0.145. The van der Waals surface area contributed by atoms with Crippen LogP contribution in [0.2, 0.25) is 0 Å². The number of esters is 1. The third kappa shape index (κ3) is 6.52. The first-order valence-electron chi connectivity index (χ1n) is 9.36. The number of benzene rings is 1. The van der Waals surface area contributed by atoms with Gasteiger partial charge in [0, 0.05) is 38.3 Å². The van der Waals surface area contributed by atoms with Crippen molar-refractivity contribution in [3.05, 3.63) is 29.8 Å². The van der Waals surface area contributed by atoms with Crippen molar-refractivity contribution in [1.29, 1.82) is 0 Å². The summed E-state index contributed by atoms with van der Waals surface area (Å²) in [5.74, 6) is -0.165. The van der Waals surface area contributed by atoms with Crippen LogP contribution in [0.25, 0.3) is 0 Å². The molecule has 27 heavy (non-hydrogen) atoms. The molecule has 0 aromatic heterocycles. The Morgan fingerprint density at radius 1 is 1.26 bits per heavy atom. The summed E-state index contributed by atoms with van der Waals surface area (Å²) in [6.45, 7) is 6.93. The van der Waals surface area contributed by atoms with Crippen LogP contribution in [0.15, 0.2) is 24.3 Å². The third-order valence-corrected chi connectivity index (χ3v) is 4.71. The van der Waals surface area contributed by atoms with Gasteiger partial charge in [-0.05, 0) is 24.6 Å². The van der Waals surface area contributed by atoms with E-state index >= 15 is 0 Å². The van der Waals surface area contributed by atoms with Gasteiger partial charge in [0.15, 0.2) is 0 Å². The molecule has 0 spiro atoms. The number of hydrogen-bond donors (Lipinski definition) is 0. The van der Waals surface area contributed by atoms with Gasteiger partial charge in [0.05, 0.1) is 33.4 Å². The van der Waals surface area contributed by atoms with Gasteiger partial charge in [-0.3, -0.25) is 14.5 Å². The van der Waals surface area contributed by atoms with Gasteiger partial charge < -0.3 is 19.1 Å². The number of nitrogens with zero attached hydrogens (tertiary/aromatic N) is 2. The summed E-state index contributed by atoms with van der Waals surface area (Å²) < 4.78 is 15.4. The Morgan fingerprint density at radius 3 is 2.67 bits per heavy atom. The summed E-state index contributed by atoms with van der Waals surface area (Å²) in [4.78, 5) is 28.9. The van der Waals surface area contributed by atoms with Crippen LogP contribution in [-0.4, -0.2) is 81.8 Å². The molecular weight excluding hydrogens is 348 g/mol. The molecule has 1 heterocycles. The van der Waals surface area contributed by atoms with E-state index in [4.69, 9.17) is 14.2 Å². The molecule has 7 heteroatoms. The first-order chi connectivity index (χ1) is 13.0. The number of methoxy groups -OCH3 is 2. The van der Waals surface area contributed by atoms with Crippen molar-refractivity contribution in [2.24, 2.45) is 5.92 Å². The average Bonchev–Trinajstić information content (AvgIpc) is 2.72. The number of carbonyl (C=O) groups is 2. The summed E-state index contributed by atoms with van der Waals surface area (Å²) in [7, 11) is 2.94. The summed E-state index contributed by atoms with van der Waals surface area (Å²) >= 11 is 0. The zero-order chi connectivity index (χ0) is 19.6. The van der Waals surface area contributed by atoms with Crippen LogP contribution in [0.3, 0.4) is 0 Å². The predicted molar refractivity (Wildman–Crippen MR) is 102 cm³/mol. The van der Waals surface area contributed by atoms with Gasteiger partial charge >= 0.3 is 5.97 Å². The maximum absolute atomic E-state index is 13.0. The van der Waals surface area contributed by atoms with Gasteiger partial charge in [-0.1, -0.05) is 13.0 Å². The molecule has 1 unspecified atom stereocenters. The normalized spacial score (nSPS) is 15.8. The molecule has 0 radical (unpaired) electrons. The first-order valence-corrected chi connectivity index (χ1v) is 9.36. The summed E-state index contributed by atoms with van der Waals surface area (Å²) in [6, 6.07) is 7.08. The Kier molecular flexibility index (Phi) is 8.54. The molecule has 1 aromatic rings. The van der Waals surface area contributed by atoms with Crippen LogP contribution >= 0.6 is 0 Å². The molecule has 0 bridgehead atoms. The molecule has 7 nitrogen and oxygen atoms in total. The van der Waals surface area contributed by atoms with E-state index in [-0.39, 0.29) is 17.8 Å². The standard InChI is InChI=1S/C20H30N2O5/c1-16(20(24)26-3)15-22(9-5-8-21-10-12-27-13-11-21)19(23)17-6-4-7-18(14-17)25-2/h4,6-7,14,16H,5,8-13,15H2,1-3H3. The summed E-state index contributed by atoms with van der Waals surface area (Å²) in [5, 5.41) is 0. The highest BCUT2D eigenvalue weighted by atomic mass is 16.5. The molecule has 0 N–H and O–H groups in total. The van der Waals surface area contributed by atoms with Gasteiger partial charge in [-0.25, -0.2) is 0 Å². The Hall–Kier alpha value is -2.12. The molecule has 1 aliphatic heterocycles. The quantitative estimate of drug-likeness (QED) is 0.609. The number of amides is 1. The molecule has 0 saturated carbocycles. The average molecular weight is 378 g/mol. The lowest BCUT2D eigenvalue weighted by atomic mass is 10.1. The van der Waals surface area contributed by atoms with Gasteiger partial charge in [-0.2, -0.15) is 0 Å². The lowest BCUT2D eigenvalue weighted by Crippen LogP contribution is -2.41. The molecular formula is C20H30N2O5. The largest absolute Gasteiger partial charge is 0.497 e. The zero-order valence-electron chi connectivity index (χ0n) is 16.5. The van der Waals surface area contributed by atoms with Gasteiger partial charge in [0.25, 0.3) is 5.91 Å². The lowest BCUT2D eigenvalue weighted by Gasteiger charge is -2.29. The number of morpholine rings is 1. The summed E-state index contributed by atoms with van der Waals surface area (Å²) in [6.07, 6.45) is 0.837. The predicted octanol–water partition coefficient (Wildman–Crippen LogP) is 1.67. The maximum atomic E-state index is 13.0. The van der Waals surface area contributed by atoms with Crippen molar-refractivity contribution < 1.29 is 23.8 Å². The van der Waals surface area contributed by atoms with Crippen LogP contribution in [0.1, 0.15) is 23.7 Å². The van der Waals surface area contributed by atoms with Crippen LogP contribution < -0.4 is 4.74 Å². The van der Waals surface area contributed by atoms with Crippen molar-refractivity contribution in [1.82, 2.24) is 9.80 Å². The monoisotopic (exact) mass is 378 g/mol. The van der Waals surface area contributed by atoms with Crippen molar-refractivity contribution >= 4 is 11.9 Å². The van der Waals surface area contributed by atoms with Gasteiger partial charge in [0.1, 0.15) is 5.75 Å². The fourth-order valence-corrected chi connectivity index (χ4v) is 3.13. The van der Waals surface area contributed by atoms with E-state index in [0.717, 1.165) is 39.3 Å². The Morgan fingerprint density at radius 2 is 2.00 bits per heavy atom. The number of carbonyl (C=O) groups excluding carboxylic acids is 2. The highest BCUT2D eigenvalue weighted by Gasteiger charge is 2.23. The Labute approximate surface area is 161 Å². The molecule has 1 fully saturated rings. The number of rotatable bonds is 9. The number of hydrogen-bond acceptors (Lipinski definition) is 6. The molecule has 1 saturated heterocycles. The molecule has 0 aliphatic carbocycles. The van der Waals surface area contributed by atoms with Crippen molar-refractivity contribution in [3.63, 3.8) is 0 Å². The fraction of sp³-hybridized carbons (Fsp3) is 0.600. The van der Waals surface area contributed by atoms with Crippen LogP contribution in [0.4, 0.5) is 0 Å².